The van der Waals surface area contributed by atoms with E-state index in [1.807, 2.05) is 28.0 Å². The van der Waals surface area contributed by atoms with Crippen molar-refractivity contribution in [2.45, 2.75) is 31.7 Å². The molecule has 0 saturated carbocycles. The van der Waals surface area contributed by atoms with Crippen LogP contribution in [0.1, 0.15) is 24.0 Å². The van der Waals surface area contributed by atoms with Gasteiger partial charge in [-0.25, -0.2) is 14.2 Å². The lowest BCUT2D eigenvalue weighted by Crippen LogP contribution is -2.48. The highest BCUT2D eigenvalue weighted by molar-refractivity contribution is 6.08. The molecule has 204 valence electrons. The summed E-state index contributed by atoms with van der Waals surface area (Å²) in [4.78, 5) is 36.1. The molecule has 3 heterocycles. The van der Waals surface area contributed by atoms with Gasteiger partial charge in [-0.1, -0.05) is 12.6 Å². The van der Waals surface area contributed by atoms with Crippen molar-refractivity contribution in [3.63, 3.8) is 0 Å². The maximum absolute atomic E-state index is 13.8. The third kappa shape index (κ3) is 5.45. The number of hydrogen-bond acceptors (Lipinski definition) is 5. The molecule has 0 aromatic heterocycles. The molecule has 0 unspecified atom stereocenters. The third-order valence-electron chi connectivity index (χ3n) is 7.64. The number of ether oxygens (including phenoxy) is 1. The quantitative estimate of drug-likeness (QED) is 0.256. The number of amides is 3. The molecule has 3 aliphatic heterocycles. The maximum Gasteiger partial charge on any atom is 0.322 e. The Labute approximate surface area is 227 Å². The number of hydrogen-bond donors (Lipinski definition) is 2. The number of methoxy groups -OCH3 is 1. The minimum atomic E-state index is -0.382. The number of nitrogens with two attached hydrogens (primary N) is 1. The van der Waals surface area contributed by atoms with Crippen molar-refractivity contribution in [3.05, 3.63) is 77.4 Å². The Balaban J connectivity index is 1.24. The molecule has 1 saturated heterocycles. The van der Waals surface area contributed by atoms with Crippen LogP contribution in [0.4, 0.5) is 20.6 Å². The fourth-order valence-electron chi connectivity index (χ4n) is 5.55. The molecule has 0 aliphatic carbocycles. The summed E-state index contributed by atoms with van der Waals surface area (Å²) in [6.45, 7) is 6.34. The van der Waals surface area contributed by atoms with Crippen LogP contribution in [0.2, 0.25) is 0 Å². The Bertz CT molecular complexity index is 1350. The second-order valence-corrected chi connectivity index (χ2v) is 9.90. The first-order chi connectivity index (χ1) is 18.9. The number of rotatable bonds is 6. The van der Waals surface area contributed by atoms with Gasteiger partial charge in [0.15, 0.2) is 0 Å². The number of likely N-dealkylation sites (tertiary alicyclic amines) is 1. The van der Waals surface area contributed by atoms with Gasteiger partial charge in [0.2, 0.25) is 0 Å². The van der Waals surface area contributed by atoms with Crippen LogP contribution in [0.3, 0.4) is 0 Å². The van der Waals surface area contributed by atoms with E-state index in [-0.39, 0.29) is 29.4 Å². The van der Waals surface area contributed by atoms with E-state index >= 15 is 0 Å². The number of fused-ring (bicyclic) bond motifs is 2. The zero-order valence-corrected chi connectivity index (χ0v) is 22.0. The summed E-state index contributed by atoms with van der Waals surface area (Å²) in [6.07, 6.45) is 5.71. The summed E-state index contributed by atoms with van der Waals surface area (Å²) >= 11 is 0. The number of halogens is 1. The summed E-state index contributed by atoms with van der Waals surface area (Å²) < 4.78 is 19.2. The van der Waals surface area contributed by atoms with E-state index in [0.29, 0.717) is 44.1 Å². The highest BCUT2D eigenvalue weighted by Crippen LogP contribution is 2.31. The molecule has 2 aromatic carbocycles. The van der Waals surface area contributed by atoms with Gasteiger partial charge < -0.3 is 30.5 Å². The van der Waals surface area contributed by atoms with Crippen LogP contribution >= 0.6 is 0 Å². The maximum atomic E-state index is 13.8. The van der Waals surface area contributed by atoms with Gasteiger partial charge in [-0.05, 0) is 73.2 Å². The van der Waals surface area contributed by atoms with Gasteiger partial charge >= 0.3 is 6.03 Å². The lowest BCUT2D eigenvalue weighted by Gasteiger charge is -2.38. The number of carbonyl (C=O) groups excluding carboxylic acids is 2. The normalized spacial score (nSPS) is 18.1. The first-order valence-corrected chi connectivity index (χ1v) is 13.1. The Morgan fingerprint density at radius 3 is 2.64 bits per heavy atom. The first kappa shape index (κ1) is 26.3. The van der Waals surface area contributed by atoms with Crippen LogP contribution in [0.5, 0.6) is 5.75 Å². The van der Waals surface area contributed by atoms with Gasteiger partial charge in [0.05, 0.1) is 19.1 Å². The van der Waals surface area contributed by atoms with Crippen LogP contribution in [0, 0.1) is 5.82 Å². The predicted octanol–water partition coefficient (Wildman–Crippen LogP) is 3.66. The van der Waals surface area contributed by atoms with Crippen molar-refractivity contribution < 1.29 is 18.7 Å². The van der Waals surface area contributed by atoms with E-state index in [0.717, 1.165) is 41.8 Å². The van der Waals surface area contributed by atoms with E-state index in [1.54, 1.807) is 24.2 Å². The number of anilines is 2. The molecular formula is C29H33FN6O3. The summed E-state index contributed by atoms with van der Waals surface area (Å²) in [5.41, 5.74) is 9.26. The third-order valence-corrected chi connectivity index (χ3v) is 7.64. The van der Waals surface area contributed by atoms with Crippen molar-refractivity contribution in [1.29, 1.82) is 0 Å². The standard InChI is InChI=1S/C29H33FN6O3/c1-19(28(37)36-14-7-20-3-4-22(30)17-26(20)36)15-27(32-18-31)34-11-9-23(10-12-34)35-13-8-21-16-24(39-2)5-6-25(21)33-29(35)38/h3-6,15-18,23H,1,7-14H2,2H3,(H2,31,32)(H,33,38)/b27-15+. The van der Waals surface area contributed by atoms with Crippen molar-refractivity contribution in [2.24, 2.45) is 10.7 Å². The minimum Gasteiger partial charge on any atom is -0.497 e. The Hall–Kier alpha value is -4.34. The van der Waals surface area contributed by atoms with Gasteiger partial charge in [0.25, 0.3) is 5.91 Å². The number of nitrogens with zero attached hydrogens (tertiary/aromatic N) is 4. The lowest BCUT2D eigenvalue weighted by atomic mass is 10.0. The molecular weight excluding hydrogens is 499 g/mol. The molecule has 39 heavy (non-hydrogen) atoms. The van der Waals surface area contributed by atoms with Gasteiger partial charge in [0, 0.05) is 43.5 Å². The minimum absolute atomic E-state index is 0.0707. The molecule has 10 heteroatoms. The topological polar surface area (TPSA) is 103 Å². The van der Waals surface area contributed by atoms with E-state index in [2.05, 4.69) is 16.9 Å². The molecule has 1 fully saturated rings. The Morgan fingerprint density at radius 1 is 1.13 bits per heavy atom. The van der Waals surface area contributed by atoms with Gasteiger partial charge in [-0.2, -0.15) is 0 Å². The average molecular weight is 533 g/mol. The number of piperidine rings is 1. The fourth-order valence-corrected chi connectivity index (χ4v) is 5.55. The van der Waals surface area contributed by atoms with Crippen molar-refractivity contribution in [1.82, 2.24) is 9.80 Å². The summed E-state index contributed by atoms with van der Waals surface area (Å²) in [6, 6.07) is 10.2. The highest BCUT2D eigenvalue weighted by Gasteiger charge is 2.31. The Morgan fingerprint density at radius 2 is 1.90 bits per heavy atom. The number of nitrogens with one attached hydrogen (secondary N) is 1. The second-order valence-electron chi connectivity index (χ2n) is 9.90. The van der Waals surface area contributed by atoms with E-state index in [9.17, 15) is 14.0 Å². The SMILES string of the molecule is C=C(/C=C(\N=C/N)N1CCC(N2CCc3cc(OC)ccc3NC2=O)CC1)C(=O)N1CCc2ccc(F)cc21. The molecule has 3 aliphatic rings. The number of carbonyl (C=O) groups is 2. The molecule has 0 atom stereocenters. The van der Waals surface area contributed by atoms with Crippen LogP contribution in [0.15, 0.2) is 65.4 Å². The summed E-state index contributed by atoms with van der Waals surface area (Å²) in [7, 11) is 1.63. The van der Waals surface area contributed by atoms with Gasteiger partial charge in [-0.3, -0.25) is 4.79 Å². The predicted molar refractivity (Wildman–Crippen MR) is 149 cm³/mol. The lowest BCUT2D eigenvalue weighted by molar-refractivity contribution is -0.114. The zero-order chi connectivity index (χ0) is 27.5. The monoisotopic (exact) mass is 532 g/mol. The summed E-state index contributed by atoms with van der Waals surface area (Å²) in [5.74, 6) is 0.627. The summed E-state index contributed by atoms with van der Waals surface area (Å²) in [5, 5.41) is 3.04. The Kier molecular flexibility index (Phi) is 7.53. The average Bonchev–Trinajstić information content (AvgIpc) is 3.28. The van der Waals surface area contributed by atoms with E-state index in [1.165, 1.54) is 18.5 Å². The smallest absolute Gasteiger partial charge is 0.322 e. The van der Waals surface area contributed by atoms with Crippen LogP contribution in [-0.4, -0.2) is 67.4 Å². The van der Waals surface area contributed by atoms with Gasteiger partial charge in [0.1, 0.15) is 17.4 Å². The number of urea groups is 1. The molecule has 0 spiro atoms. The molecule has 2 aromatic rings. The molecule has 3 amide bonds. The number of benzene rings is 2. The first-order valence-electron chi connectivity index (χ1n) is 13.1. The molecule has 9 nitrogen and oxygen atoms in total. The molecule has 0 bridgehead atoms. The molecule has 0 radical (unpaired) electrons. The highest BCUT2D eigenvalue weighted by atomic mass is 19.1. The number of aliphatic imine (C=N–C) groups is 1. The molecule has 5 rings (SSSR count). The molecule has 3 N–H and O–H groups in total. The van der Waals surface area contributed by atoms with Crippen LogP contribution in [0.25, 0.3) is 0 Å². The van der Waals surface area contributed by atoms with E-state index < -0.39 is 0 Å². The largest absolute Gasteiger partial charge is 0.497 e. The van der Waals surface area contributed by atoms with E-state index in [4.69, 9.17) is 10.5 Å². The zero-order valence-electron chi connectivity index (χ0n) is 22.0. The second kappa shape index (κ2) is 11.2. The van der Waals surface area contributed by atoms with Crippen molar-refractivity contribution in [3.8, 4) is 5.75 Å². The van der Waals surface area contributed by atoms with Crippen LogP contribution < -0.4 is 20.7 Å². The van der Waals surface area contributed by atoms with Crippen LogP contribution in [-0.2, 0) is 17.6 Å². The van der Waals surface area contributed by atoms with Gasteiger partial charge in [-0.15, -0.1) is 0 Å². The van der Waals surface area contributed by atoms with Crippen molar-refractivity contribution in [2.75, 3.05) is 43.5 Å². The van der Waals surface area contributed by atoms with Crippen molar-refractivity contribution >= 4 is 29.7 Å². The fraction of sp³-hybridized carbons (Fsp3) is 0.345.